The summed E-state index contributed by atoms with van der Waals surface area (Å²) in [4.78, 5) is 21.9. The molecule has 22 heavy (non-hydrogen) atoms. The third kappa shape index (κ3) is 6.87. The molecule has 9 nitrogen and oxygen atoms in total. The molecule has 2 fully saturated rings. The Morgan fingerprint density at radius 2 is 1.95 bits per heavy atom. The van der Waals surface area contributed by atoms with E-state index in [1.807, 2.05) is 0 Å². The van der Waals surface area contributed by atoms with E-state index in [2.05, 4.69) is 11.2 Å². The van der Waals surface area contributed by atoms with Gasteiger partial charge in [0.1, 0.15) is 11.8 Å². The first-order valence-corrected chi connectivity index (χ1v) is 8.87. The molecule has 1 aliphatic carbocycles. The Labute approximate surface area is 142 Å². The fourth-order valence-corrected chi connectivity index (χ4v) is 3.56. The van der Waals surface area contributed by atoms with Crippen LogP contribution in [0.25, 0.3) is 0 Å². The first-order valence-electron chi connectivity index (χ1n) is 5.98. The molecule has 0 bridgehead atoms. The van der Waals surface area contributed by atoms with Crippen molar-refractivity contribution in [3.63, 3.8) is 0 Å². The maximum Gasteiger partial charge on any atom is 1.00 e. The minimum absolute atomic E-state index is 0. The molecule has 0 amide bonds. The molecule has 1 heterocycles. The number of hydrogen-bond donors (Lipinski definition) is 2. The van der Waals surface area contributed by atoms with E-state index >= 15 is 0 Å². The van der Waals surface area contributed by atoms with Crippen molar-refractivity contribution in [1.29, 1.82) is 0 Å². The minimum atomic E-state index is -3.84. The van der Waals surface area contributed by atoms with Gasteiger partial charge in [-0.3, -0.25) is 13.8 Å². The monoisotopic (exact) mass is 348 g/mol. The molecule has 122 valence electrons. The molecule has 0 spiro atoms. The SMILES string of the molecule is O=C1OC(=O)C2CC[CH-]CC12.O=S([O-])CS(=O)(=O)NCO.[Li+]. The van der Waals surface area contributed by atoms with Crippen LogP contribution in [0.1, 0.15) is 19.3 Å². The molecule has 2 rings (SSSR count). The summed E-state index contributed by atoms with van der Waals surface area (Å²) in [7, 11) is -3.84. The summed E-state index contributed by atoms with van der Waals surface area (Å²) in [6.07, 6.45) is 4.50. The van der Waals surface area contributed by atoms with Gasteiger partial charge in [-0.1, -0.05) is 6.42 Å². The molecule has 0 aromatic rings. The average molecular weight is 348 g/mol. The zero-order valence-electron chi connectivity index (χ0n) is 11.9. The third-order valence-electron chi connectivity index (χ3n) is 2.93. The molecule has 1 aliphatic heterocycles. The number of nitrogens with one attached hydrogen (secondary N) is 1. The summed E-state index contributed by atoms with van der Waals surface area (Å²) in [5.41, 5.74) is 0. The molecule has 0 aromatic carbocycles. The Morgan fingerprint density at radius 1 is 1.36 bits per heavy atom. The van der Waals surface area contributed by atoms with Crippen molar-refractivity contribution >= 4 is 33.0 Å². The number of cyclic esters (lactones) is 2. The smallest absolute Gasteiger partial charge is 0.772 e. The van der Waals surface area contributed by atoms with E-state index < -0.39 is 32.9 Å². The Morgan fingerprint density at radius 3 is 2.45 bits per heavy atom. The van der Waals surface area contributed by atoms with Crippen molar-refractivity contribution in [3.8, 4) is 0 Å². The fourth-order valence-electron chi connectivity index (χ4n) is 2.02. The van der Waals surface area contributed by atoms with Crippen LogP contribution in [-0.4, -0.2) is 46.0 Å². The van der Waals surface area contributed by atoms with Gasteiger partial charge in [0.15, 0.2) is 0 Å². The normalized spacial score (nSPS) is 25.2. The maximum absolute atomic E-state index is 11.0. The van der Waals surface area contributed by atoms with Gasteiger partial charge < -0.3 is 20.8 Å². The Hall–Kier alpha value is -0.283. The summed E-state index contributed by atoms with van der Waals surface area (Å²) in [5, 5.41) is 7.00. The van der Waals surface area contributed by atoms with Gasteiger partial charge in [-0.2, -0.15) is 17.6 Å². The fraction of sp³-hybridized carbons (Fsp3) is 0.700. The van der Waals surface area contributed by atoms with Crippen molar-refractivity contribution in [3.05, 3.63) is 6.42 Å². The van der Waals surface area contributed by atoms with E-state index in [-0.39, 0.29) is 42.6 Å². The van der Waals surface area contributed by atoms with Crippen molar-refractivity contribution < 1.29 is 55.5 Å². The van der Waals surface area contributed by atoms with Crippen LogP contribution < -0.4 is 23.6 Å². The largest absolute Gasteiger partial charge is 1.00 e. The molecule has 12 heteroatoms. The third-order valence-corrected chi connectivity index (χ3v) is 5.51. The van der Waals surface area contributed by atoms with Crippen LogP contribution in [0.4, 0.5) is 0 Å². The van der Waals surface area contributed by atoms with Crippen LogP contribution in [0.2, 0.25) is 0 Å². The van der Waals surface area contributed by atoms with E-state index in [4.69, 9.17) is 5.11 Å². The molecule has 3 unspecified atom stereocenters. The van der Waals surface area contributed by atoms with Gasteiger partial charge in [0.25, 0.3) is 0 Å². The average Bonchev–Trinajstić information content (AvgIpc) is 2.65. The second kappa shape index (κ2) is 9.77. The quantitative estimate of drug-likeness (QED) is 0.129. The van der Waals surface area contributed by atoms with Crippen molar-refractivity contribution in [2.24, 2.45) is 11.8 Å². The van der Waals surface area contributed by atoms with Crippen molar-refractivity contribution in [2.45, 2.75) is 19.3 Å². The number of carbonyl (C=O) groups is 2. The molecule has 0 aromatic heterocycles. The zero-order chi connectivity index (χ0) is 16.0. The Kier molecular flexibility index (Phi) is 9.64. The molecule has 3 atom stereocenters. The molecule has 2 N–H and O–H groups in total. The summed E-state index contributed by atoms with van der Waals surface area (Å²) in [6.45, 7) is -0.792. The van der Waals surface area contributed by atoms with Gasteiger partial charge in [-0.25, -0.2) is 8.42 Å². The summed E-state index contributed by atoms with van der Waals surface area (Å²) < 4.78 is 46.4. The standard InChI is InChI=1S/C8H9O3.C2H7NO5S2.Li/c9-7-5-3-1-2-4-6(5)8(10)11-7;4-1-3-10(7,8)2-9(5)6;/h1,5-6H,2-4H2;3-4H,1-2H2,(H,5,6);/q-1;;+1/p-1. The predicted octanol–water partition coefficient (Wildman–Crippen LogP) is -4.61. The van der Waals surface area contributed by atoms with Gasteiger partial charge in [-0.15, -0.1) is 0 Å². The molecular formula is C10H15LiNO8S2-. The number of sulfonamides is 1. The van der Waals surface area contributed by atoms with E-state index in [9.17, 15) is 26.8 Å². The van der Waals surface area contributed by atoms with Crippen LogP contribution in [0.3, 0.4) is 0 Å². The van der Waals surface area contributed by atoms with Crippen LogP contribution in [0.5, 0.6) is 0 Å². The van der Waals surface area contributed by atoms with Gasteiger partial charge in [0.05, 0.1) is 5.92 Å². The zero-order valence-corrected chi connectivity index (χ0v) is 13.5. The number of carbonyl (C=O) groups excluding carboxylic acids is 2. The number of esters is 2. The van der Waals surface area contributed by atoms with E-state index in [1.165, 1.54) is 0 Å². The molecular weight excluding hydrogens is 333 g/mol. The van der Waals surface area contributed by atoms with Gasteiger partial charge in [0.2, 0.25) is 10.0 Å². The number of fused-ring (bicyclic) bond motifs is 1. The van der Waals surface area contributed by atoms with E-state index in [0.29, 0.717) is 0 Å². The van der Waals surface area contributed by atoms with Gasteiger partial charge in [-0.05, 0) is 11.1 Å². The van der Waals surface area contributed by atoms with Crippen LogP contribution >= 0.6 is 0 Å². The molecule has 2 aliphatic rings. The Bertz CT molecular complexity index is 501. The second-order valence-corrected chi connectivity index (χ2v) is 7.46. The van der Waals surface area contributed by atoms with Crippen LogP contribution in [0, 0.1) is 18.3 Å². The topological polar surface area (TPSA) is 150 Å². The number of hydrogen-bond acceptors (Lipinski definition) is 8. The minimum Gasteiger partial charge on any atom is -0.772 e. The first-order chi connectivity index (χ1) is 9.76. The number of aliphatic hydroxyl groups excluding tert-OH is 1. The number of aliphatic hydroxyl groups is 1. The van der Waals surface area contributed by atoms with Crippen LogP contribution in [-0.2, 0) is 35.4 Å². The van der Waals surface area contributed by atoms with E-state index in [1.54, 1.807) is 4.72 Å². The summed E-state index contributed by atoms with van der Waals surface area (Å²) >= 11 is -2.65. The maximum atomic E-state index is 11.0. The predicted molar refractivity (Wildman–Crippen MR) is 69.2 cm³/mol. The number of rotatable bonds is 4. The first kappa shape index (κ1) is 21.7. The van der Waals surface area contributed by atoms with Gasteiger partial charge in [0, 0.05) is 5.92 Å². The van der Waals surface area contributed by atoms with E-state index in [0.717, 1.165) is 19.3 Å². The summed E-state index contributed by atoms with van der Waals surface area (Å²) in [6, 6.07) is 0. The Balaban J connectivity index is 0.000000387. The van der Waals surface area contributed by atoms with Crippen molar-refractivity contribution in [1.82, 2.24) is 4.72 Å². The molecule has 1 saturated heterocycles. The molecule has 1 saturated carbocycles. The van der Waals surface area contributed by atoms with Crippen molar-refractivity contribution in [2.75, 3.05) is 11.8 Å². The van der Waals surface area contributed by atoms with Crippen LogP contribution in [0.15, 0.2) is 0 Å². The summed E-state index contributed by atoms with van der Waals surface area (Å²) in [5.74, 6) is -0.923. The van der Waals surface area contributed by atoms with Gasteiger partial charge >= 0.3 is 30.8 Å². The molecule has 0 radical (unpaired) electrons. The second-order valence-electron chi connectivity index (χ2n) is 4.39. The number of ether oxygens (including phenoxy) is 1.